The molecule has 2 rings (SSSR count). The van der Waals surface area contributed by atoms with Crippen LogP contribution in [-0.2, 0) is 4.79 Å². The van der Waals surface area contributed by atoms with Crippen molar-refractivity contribution in [2.45, 2.75) is 6.92 Å². The first kappa shape index (κ1) is 14.7. The molecule has 21 heavy (non-hydrogen) atoms. The van der Waals surface area contributed by atoms with Gasteiger partial charge < -0.3 is 4.74 Å². The molecule has 0 bridgehead atoms. The molecule has 0 aliphatic carbocycles. The zero-order valence-electron chi connectivity index (χ0n) is 11.2. The van der Waals surface area contributed by atoms with Crippen molar-refractivity contribution in [3.05, 3.63) is 45.9 Å². The normalized spacial score (nSPS) is 10.3. The Balaban J connectivity index is 1.82. The van der Waals surface area contributed by atoms with Gasteiger partial charge in [0, 0.05) is 5.38 Å². The lowest BCUT2D eigenvalue weighted by Gasteiger charge is -2.05. The molecule has 2 aromatic rings. The molecular weight excluding hydrogens is 288 g/mol. The molecule has 1 amide bonds. The first-order valence-electron chi connectivity index (χ1n) is 6.05. The third-order valence-corrected chi connectivity index (χ3v) is 3.18. The van der Waals surface area contributed by atoms with Crippen LogP contribution in [0.3, 0.4) is 0 Å². The lowest BCUT2D eigenvalue weighted by atomic mass is 10.2. The van der Waals surface area contributed by atoms with E-state index in [9.17, 15) is 4.79 Å². The first-order valence-corrected chi connectivity index (χ1v) is 6.93. The topological polar surface area (TPSA) is 87.4 Å². The molecule has 7 heteroatoms. The van der Waals surface area contributed by atoms with Gasteiger partial charge in [-0.2, -0.15) is 10.4 Å². The number of aryl methyl sites for hydroxylation is 1. The third-order valence-electron chi connectivity index (χ3n) is 2.39. The van der Waals surface area contributed by atoms with Gasteiger partial charge in [0.1, 0.15) is 11.8 Å². The Kier molecular flexibility index (Phi) is 5.01. The Morgan fingerprint density at radius 2 is 2.38 bits per heavy atom. The second kappa shape index (κ2) is 7.17. The van der Waals surface area contributed by atoms with Crippen molar-refractivity contribution in [2.24, 2.45) is 5.10 Å². The van der Waals surface area contributed by atoms with E-state index in [1.54, 1.807) is 24.3 Å². The van der Waals surface area contributed by atoms with Gasteiger partial charge in [0.15, 0.2) is 6.61 Å². The summed E-state index contributed by atoms with van der Waals surface area (Å²) in [6.45, 7) is 1.67. The Morgan fingerprint density at radius 1 is 1.57 bits per heavy atom. The van der Waals surface area contributed by atoms with Crippen LogP contribution in [-0.4, -0.2) is 23.7 Å². The number of thiazole rings is 1. The van der Waals surface area contributed by atoms with Crippen LogP contribution in [0.25, 0.3) is 0 Å². The van der Waals surface area contributed by atoms with E-state index in [1.807, 2.05) is 18.4 Å². The molecule has 1 N–H and O–H groups in total. The third kappa shape index (κ3) is 4.40. The fourth-order valence-electron chi connectivity index (χ4n) is 1.47. The number of hydrazone groups is 1. The minimum atomic E-state index is -0.411. The summed E-state index contributed by atoms with van der Waals surface area (Å²) in [6, 6.07) is 8.71. The minimum absolute atomic E-state index is 0.216. The number of amides is 1. The molecule has 0 unspecified atom stereocenters. The highest BCUT2D eigenvalue weighted by atomic mass is 32.1. The number of carbonyl (C=O) groups excluding carboxylic acids is 1. The van der Waals surface area contributed by atoms with E-state index in [0.717, 1.165) is 5.01 Å². The number of nitrogens with one attached hydrogen (secondary N) is 1. The Bertz CT molecular complexity index is 703. The molecular formula is C14H12N4O2S. The van der Waals surface area contributed by atoms with Crippen LogP contribution in [0.15, 0.2) is 34.7 Å². The van der Waals surface area contributed by atoms with Crippen molar-refractivity contribution < 1.29 is 9.53 Å². The molecule has 0 spiro atoms. The molecule has 0 radical (unpaired) electrons. The van der Waals surface area contributed by atoms with Gasteiger partial charge in [-0.1, -0.05) is 12.1 Å². The number of para-hydroxylation sites is 1. The molecule has 0 fully saturated rings. The minimum Gasteiger partial charge on any atom is -0.482 e. The highest BCUT2D eigenvalue weighted by Crippen LogP contribution is 2.16. The monoisotopic (exact) mass is 300 g/mol. The summed E-state index contributed by atoms with van der Waals surface area (Å²) in [5.41, 5.74) is 3.41. The number of benzene rings is 1. The van der Waals surface area contributed by atoms with Crippen molar-refractivity contribution in [3.63, 3.8) is 0 Å². The smallest absolute Gasteiger partial charge is 0.277 e. The van der Waals surface area contributed by atoms with Crippen molar-refractivity contribution in [1.29, 1.82) is 5.26 Å². The van der Waals surface area contributed by atoms with E-state index in [-0.39, 0.29) is 6.61 Å². The fourth-order valence-corrected chi connectivity index (χ4v) is 2.03. The zero-order chi connectivity index (χ0) is 15.1. The molecule has 1 aromatic heterocycles. The van der Waals surface area contributed by atoms with Gasteiger partial charge in [-0.05, 0) is 19.1 Å². The van der Waals surface area contributed by atoms with Crippen LogP contribution >= 0.6 is 11.3 Å². The highest BCUT2D eigenvalue weighted by Gasteiger charge is 2.05. The SMILES string of the molecule is Cc1nc(/C=N\NC(=O)COc2ccccc2C#N)cs1. The summed E-state index contributed by atoms with van der Waals surface area (Å²) < 4.78 is 5.27. The van der Waals surface area contributed by atoms with E-state index in [2.05, 4.69) is 15.5 Å². The number of nitrogens with zero attached hydrogens (tertiary/aromatic N) is 3. The summed E-state index contributed by atoms with van der Waals surface area (Å²) in [6.07, 6.45) is 1.46. The number of carbonyl (C=O) groups is 1. The van der Waals surface area contributed by atoms with Crippen molar-refractivity contribution in [1.82, 2.24) is 10.4 Å². The standard InChI is InChI=1S/C14H12N4O2S/c1-10-17-12(9-21-10)7-16-18-14(19)8-20-13-5-3-2-4-11(13)6-15/h2-5,7,9H,8H2,1H3,(H,18,19)/b16-7-. The summed E-state index contributed by atoms with van der Waals surface area (Å²) in [7, 11) is 0. The van der Waals surface area contributed by atoms with Gasteiger partial charge in [0.2, 0.25) is 0 Å². The van der Waals surface area contributed by atoms with Crippen LogP contribution in [0.5, 0.6) is 5.75 Å². The maximum atomic E-state index is 11.6. The number of ether oxygens (including phenoxy) is 1. The van der Waals surface area contributed by atoms with Gasteiger partial charge in [0.05, 0.1) is 22.5 Å². The second-order valence-electron chi connectivity index (χ2n) is 3.98. The number of hydrogen-bond acceptors (Lipinski definition) is 6. The fraction of sp³-hybridized carbons (Fsp3) is 0.143. The number of nitriles is 1. The van der Waals surface area contributed by atoms with Crippen LogP contribution in [0, 0.1) is 18.3 Å². The van der Waals surface area contributed by atoms with E-state index < -0.39 is 5.91 Å². The summed E-state index contributed by atoms with van der Waals surface area (Å²) in [5, 5.41) is 15.4. The molecule has 0 aliphatic heterocycles. The lowest BCUT2D eigenvalue weighted by Crippen LogP contribution is -2.24. The predicted molar refractivity (Wildman–Crippen MR) is 79.2 cm³/mol. The van der Waals surface area contributed by atoms with Gasteiger partial charge in [-0.25, -0.2) is 10.4 Å². The van der Waals surface area contributed by atoms with E-state index in [1.165, 1.54) is 17.6 Å². The lowest BCUT2D eigenvalue weighted by molar-refractivity contribution is -0.123. The Hall–Kier alpha value is -2.72. The molecule has 0 aliphatic rings. The predicted octanol–water partition coefficient (Wildman–Crippen LogP) is 1.85. The van der Waals surface area contributed by atoms with Crippen LogP contribution < -0.4 is 10.2 Å². The van der Waals surface area contributed by atoms with Gasteiger partial charge >= 0.3 is 0 Å². The van der Waals surface area contributed by atoms with Crippen molar-refractivity contribution in [2.75, 3.05) is 6.61 Å². The maximum Gasteiger partial charge on any atom is 0.277 e. The van der Waals surface area contributed by atoms with E-state index in [4.69, 9.17) is 10.00 Å². The molecule has 0 atom stereocenters. The summed E-state index contributed by atoms with van der Waals surface area (Å²) >= 11 is 1.50. The van der Waals surface area contributed by atoms with Crippen molar-refractivity contribution in [3.8, 4) is 11.8 Å². The number of hydrogen-bond donors (Lipinski definition) is 1. The molecule has 0 saturated heterocycles. The van der Waals surface area contributed by atoms with Gasteiger partial charge in [-0.3, -0.25) is 4.79 Å². The molecule has 0 saturated carbocycles. The number of aromatic nitrogens is 1. The van der Waals surface area contributed by atoms with E-state index >= 15 is 0 Å². The molecule has 106 valence electrons. The van der Waals surface area contributed by atoms with Crippen LogP contribution in [0.1, 0.15) is 16.3 Å². The quantitative estimate of drug-likeness (QED) is 0.674. The molecule has 6 nitrogen and oxygen atoms in total. The largest absolute Gasteiger partial charge is 0.482 e. The van der Waals surface area contributed by atoms with E-state index in [0.29, 0.717) is 17.0 Å². The second-order valence-corrected chi connectivity index (χ2v) is 5.04. The maximum absolute atomic E-state index is 11.6. The van der Waals surface area contributed by atoms with Crippen molar-refractivity contribution >= 4 is 23.5 Å². The van der Waals surface area contributed by atoms with Gasteiger partial charge in [-0.15, -0.1) is 11.3 Å². The summed E-state index contributed by atoms with van der Waals surface area (Å²) in [5.74, 6) is -0.0415. The summed E-state index contributed by atoms with van der Waals surface area (Å²) in [4.78, 5) is 15.7. The van der Waals surface area contributed by atoms with Gasteiger partial charge in [0.25, 0.3) is 5.91 Å². The average Bonchev–Trinajstić information content (AvgIpc) is 2.91. The van der Waals surface area contributed by atoms with Crippen LogP contribution in [0.2, 0.25) is 0 Å². The highest BCUT2D eigenvalue weighted by molar-refractivity contribution is 7.09. The van der Waals surface area contributed by atoms with Crippen LogP contribution in [0.4, 0.5) is 0 Å². The zero-order valence-corrected chi connectivity index (χ0v) is 12.1. The molecule has 1 aromatic carbocycles. The Morgan fingerprint density at radius 3 is 3.10 bits per heavy atom. The Labute approximate surface area is 125 Å². The average molecular weight is 300 g/mol. The first-order chi connectivity index (χ1) is 10.2. The number of rotatable bonds is 5. The molecule has 1 heterocycles.